The van der Waals surface area contributed by atoms with Crippen molar-refractivity contribution in [2.45, 2.75) is 25.3 Å². The summed E-state index contributed by atoms with van der Waals surface area (Å²) in [4.78, 5) is 27.5. The molecule has 6 nitrogen and oxygen atoms in total. The number of rotatable bonds is 3. The van der Waals surface area contributed by atoms with Gasteiger partial charge in [0.2, 0.25) is 5.91 Å². The van der Waals surface area contributed by atoms with Crippen LogP contribution in [0.5, 0.6) is 5.75 Å². The van der Waals surface area contributed by atoms with Crippen molar-refractivity contribution in [2.75, 3.05) is 33.3 Å². The smallest absolute Gasteiger partial charge is 0.324 e. The van der Waals surface area contributed by atoms with Gasteiger partial charge in [0.05, 0.1) is 13.7 Å². The van der Waals surface area contributed by atoms with Crippen LogP contribution in [0.2, 0.25) is 0 Å². The monoisotopic (exact) mass is 329 g/mol. The molecule has 2 saturated heterocycles. The molecule has 3 heterocycles. The lowest BCUT2D eigenvalue weighted by Crippen LogP contribution is -2.45. The molecule has 6 heteroatoms. The molecule has 128 valence electrons. The van der Waals surface area contributed by atoms with Crippen LogP contribution in [0.25, 0.3) is 0 Å². The topological polar surface area (TPSA) is 61.9 Å². The second-order valence-electron chi connectivity index (χ2n) is 6.92. The number of carbonyl (C=O) groups excluding carboxylic acids is 2. The Balaban J connectivity index is 1.51. The fraction of sp³-hybridized carbons (Fsp3) is 0.556. The molecule has 2 atom stereocenters. The van der Waals surface area contributed by atoms with E-state index in [1.807, 2.05) is 6.07 Å². The average Bonchev–Trinajstić information content (AvgIpc) is 2.93. The molecule has 1 aromatic carbocycles. The summed E-state index contributed by atoms with van der Waals surface area (Å²) in [5.74, 6) is 1.18. The van der Waals surface area contributed by atoms with Gasteiger partial charge in [-0.1, -0.05) is 6.07 Å². The number of methoxy groups -OCH3 is 1. The molecule has 0 spiro atoms. The molecule has 3 aliphatic heterocycles. The van der Waals surface area contributed by atoms with Gasteiger partial charge in [-0.3, -0.25) is 14.6 Å². The number of piperidine rings is 1. The van der Waals surface area contributed by atoms with E-state index in [2.05, 4.69) is 22.3 Å². The maximum Gasteiger partial charge on any atom is 0.324 e. The highest BCUT2D eigenvalue weighted by Gasteiger charge is 2.37. The first-order chi connectivity index (χ1) is 11.7. The molecule has 4 rings (SSSR count). The maximum atomic E-state index is 11.8. The molecule has 1 N–H and O–H groups in total. The van der Waals surface area contributed by atoms with E-state index >= 15 is 0 Å². The van der Waals surface area contributed by atoms with Gasteiger partial charge >= 0.3 is 6.03 Å². The number of amides is 3. The highest BCUT2D eigenvalue weighted by atomic mass is 16.5. The van der Waals surface area contributed by atoms with Crippen LogP contribution in [0.15, 0.2) is 18.2 Å². The van der Waals surface area contributed by atoms with Crippen molar-refractivity contribution in [3.63, 3.8) is 0 Å². The Hall–Kier alpha value is -2.08. The fourth-order valence-electron chi connectivity index (χ4n) is 4.26. The van der Waals surface area contributed by atoms with Crippen LogP contribution in [0, 0.1) is 5.92 Å². The molecule has 0 radical (unpaired) electrons. The first kappa shape index (κ1) is 15.4. The fourth-order valence-corrected chi connectivity index (χ4v) is 4.26. The Morgan fingerprint density at radius 2 is 2.17 bits per heavy atom. The van der Waals surface area contributed by atoms with Crippen LogP contribution < -0.4 is 10.1 Å². The number of fused-ring (bicyclic) bond motifs is 3. The second kappa shape index (κ2) is 6.09. The third-order valence-electron chi connectivity index (χ3n) is 5.58. The molecular formula is C18H23N3O3. The van der Waals surface area contributed by atoms with Gasteiger partial charge in [0.1, 0.15) is 5.75 Å². The van der Waals surface area contributed by atoms with E-state index in [-0.39, 0.29) is 18.5 Å². The van der Waals surface area contributed by atoms with Crippen molar-refractivity contribution in [2.24, 2.45) is 5.92 Å². The van der Waals surface area contributed by atoms with Gasteiger partial charge in [-0.25, -0.2) is 4.79 Å². The van der Waals surface area contributed by atoms with E-state index in [1.54, 1.807) is 7.11 Å². The lowest BCUT2D eigenvalue weighted by Gasteiger charge is -2.44. The Morgan fingerprint density at radius 1 is 1.29 bits per heavy atom. The SMILES string of the molecule is COc1ccc2c(c1)CCN1CC[C@@H](CN3C(=O)CNC3=O)C[C@H]21. The summed E-state index contributed by atoms with van der Waals surface area (Å²) >= 11 is 0. The number of ether oxygens (including phenoxy) is 1. The summed E-state index contributed by atoms with van der Waals surface area (Å²) in [6.07, 6.45) is 3.09. The van der Waals surface area contributed by atoms with E-state index in [9.17, 15) is 9.59 Å². The van der Waals surface area contributed by atoms with Gasteiger partial charge in [0, 0.05) is 19.1 Å². The average molecular weight is 329 g/mol. The molecule has 2 fully saturated rings. The van der Waals surface area contributed by atoms with E-state index in [0.29, 0.717) is 18.5 Å². The van der Waals surface area contributed by atoms with Crippen LogP contribution in [0.1, 0.15) is 30.0 Å². The van der Waals surface area contributed by atoms with Crippen LogP contribution >= 0.6 is 0 Å². The summed E-state index contributed by atoms with van der Waals surface area (Å²) < 4.78 is 5.35. The molecule has 0 aromatic heterocycles. The Kier molecular flexibility index (Phi) is 3.92. The molecule has 1 aromatic rings. The van der Waals surface area contributed by atoms with Crippen LogP contribution in [0.4, 0.5) is 4.79 Å². The second-order valence-corrected chi connectivity index (χ2v) is 6.92. The van der Waals surface area contributed by atoms with Crippen molar-refractivity contribution in [3.05, 3.63) is 29.3 Å². The Bertz CT molecular complexity index is 659. The zero-order valence-electron chi connectivity index (χ0n) is 14.0. The number of nitrogens with one attached hydrogen (secondary N) is 1. The number of benzene rings is 1. The number of hydrogen-bond acceptors (Lipinski definition) is 4. The van der Waals surface area contributed by atoms with Crippen LogP contribution in [-0.2, 0) is 11.2 Å². The van der Waals surface area contributed by atoms with Crippen LogP contribution in [0.3, 0.4) is 0 Å². The van der Waals surface area contributed by atoms with E-state index < -0.39 is 0 Å². The van der Waals surface area contributed by atoms with Crippen LogP contribution in [-0.4, -0.2) is 55.0 Å². The number of nitrogens with zero attached hydrogens (tertiary/aromatic N) is 2. The zero-order chi connectivity index (χ0) is 16.7. The van der Waals surface area contributed by atoms with Gasteiger partial charge in [-0.05, 0) is 55.0 Å². The van der Waals surface area contributed by atoms with Crippen molar-refractivity contribution in [1.29, 1.82) is 0 Å². The summed E-state index contributed by atoms with van der Waals surface area (Å²) in [6, 6.07) is 6.51. The van der Waals surface area contributed by atoms with Crippen molar-refractivity contribution < 1.29 is 14.3 Å². The molecule has 0 aliphatic carbocycles. The summed E-state index contributed by atoms with van der Waals surface area (Å²) in [7, 11) is 1.70. The standard InChI is InChI=1S/C18H23N3O3/c1-24-14-2-3-15-13(9-14)5-7-20-6-4-12(8-16(15)20)11-21-17(22)10-19-18(21)23/h2-3,9,12,16H,4-8,10-11H2,1H3,(H,19,23)/t12-,16-/m1/s1. The van der Waals surface area contributed by atoms with Crippen molar-refractivity contribution >= 4 is 11.9 Å². The van der Waals surface area contributed by atoms with Gasteiger partial charge in [-0.2, -0.15) is 0 Å². The molecule has 24 heavy (non-hydrogen) atoms. The molecule has 0 unspecified atom stereocenters. The third-order valence-corrected chi connectivity index (χ3v) is 5.58. The summed E-state index contributed by atoms with van der Waals surface area (Å²) in [5, 5.41) is 2.61. The largest absolute Gasteiger partial charge is 0.497 e. The molecule has 0 bridgehead atoms. The lowest BCUT2D eigenvalue weighted by atomic mass is 9.82. The third kappa shape index (κ3) is 2.65. The minimum Gasteiger partial charge on any atom is -0.497 e. The minimum atomic E-state index is -0.240. The lowest BCUT2D eigenvalue weighted by molar-refractivity contribution is -0.125. The molecule has 3 amide bonds. The first-order valence-electron chi connectivity index (χ1n) is 8.65. The quantitative estimate of drug-likeness (QED) is 0.855. The van der Waals surface area contributed by atoms with E-state index in [0.717, 1.165) is 38.1 Å². The molecular weight excluding hydrogens is 306 g/mol. The van der Waals surface area contributed by atoms with Crippen molar-refractivity contribution in [1.82, 2.24) is 15.1 Å². The normalized spacial score (nSPS) is 26.8. The predicted octanol–water partition coefficient (Wildman–Crippen LogP) is 1.56. The predicted molar refractivity (Wildman–Crippen MR) is 88.8 cm³/mol. The number of urea groups is 1. The van der Waals surface area contributed by atoms with Gasteiger partial charge < -0.3 is 10.1 Å². The first-order valence-corrected chi connectivity index (χ1v) is 8.65. The summed E-state index contributed by atoms with van der Waals surface area (Å²) in [5.41, 5.74) is 2.75. The minimum absolute atomic E-state index is 0.101. The zero-order valence-corrected chi connectivity index (χ0v) is 14.0. The maximum absolute atomic E-state index is 11.8. The molecule has 0 saturated carbocycles. The number of carbonyl (C=O) groups is 2. The van der Waals surface area contributed by atoms with Gasteiger partial charge in [-0.15, -0.1) is 0 Å². The van der Waals surface area contributed by atoms with Crippen molar-refractivity contribution in [3.8, 4) is 5.75 Å². The van der Waals surface area contributed by atoms with Gasteiger partial charge in [0.25, 0.3) is 0 Å². The summed E-state index contributed by atoms with van der Waals surface area (Å²) in [6.45, 7) is 2.79. The Labute approximate surface area is 141 Å². The molecule has 3 aliphatic rings. The number of imide groups is 1. The van der Waals surface area contributed by atoms with E-state index in [4.69, 9.17) is 4.74 Å². The number of hydrogen-bond donors (Lipinski definition) is 1. The highest BCUT2D eigenvalue weighted by Crippen LogP contribution is 2.40. The van der Waals surface area contributed by atoms with E-state index in [1.165, 1.54) is 16.0 Å². The highest BCUT2D eigenvalue weighted by molar-refractivity contribution is 6.01. The van der Waals surface area contributed by atoms with Gasteiger partial charge in [0.15, 0.2) is 0 Å². The Morgan fingerprint density at radius 3 is 2.92 bits per heavy atom.